The van der Waals surface area contributed by atoms with Crippen LogP contribution in [0.15, 0.2) is 24.3 Å². The van der Waals surface area contributed by atoms with E-state index >= 15 is 0 Å². The van der Waals surface area contributed by atoms with Crippen molar-refractivity contribution in [3.05, 3.63) is 29.3 Å². The van der Waals surface area contributed by atoms with Crippen LogP contribution < -0.4 is 4.90 Å². The lowest BCUT2D eigenvalue weighted by Gasteiger charge is -2.36. The van der Waals surface area contributed by atoms with Crippen LogP contribution in [0.2, 0.25) is 5.02 Å². The molecule has 2 saturated heterocycles. The number of thioether (sulfide) groups is 1. The molecule has 2 aliphatic heterocycles. The number of amides is 2. The summed E-state index contributed by atoms with van der Waals surface area (Å²) in [5, 5.41) is 0.566. The second kappa shape index (κ2) is 9.80. The van der Waals surface area contributed by atoms with E-state index in [1.54, 1.807) is 0 Å². The molecule has 2 aliphatic rings. The fourth-order valence-electron chi connectivity index (χ4n) is 3.65. The van der Waals surface area contributed by atoms with Gasteiger partial charge in [-0.25, -0.2) is 0 Å². The van der Waals surface area contributed by atoms with Gasteiger partial charge in [0, 0.05) is 43.4 Å². The first-order valence-corrected chi connectivity index (χ1v) is 11.1. The Labute approximate surface area is 171 Å². The Hall–Kier alpha value is -1.24. The van der Waals surface area contributed by atoms with E-state index in [-0.39, 0.29) is 16.4 Å². The monoisotopic (exact) mass is 409 g/mol. The van der Waals surface area contributed by atoms with Crippen LogP contribution in [0.25, 0.3) is 0 Å². The third kappa shape index (κ3) is 5.39. The third-order valence-corrected chi connectivity index (χ3v) is 6.59. The molecular formula is C20H28ClN3O2S. The summed E-state index contributed by atoms with van der Waals surface area (Å²) in [5.74, 6) is 0.0157. The van der Waals surface area contributed by atoms with Gasteiger partial charge in [-0.05, 0) is 44.0 Å². The molecular weight excluding hydrogens is 382 g/mol. The van der Waals surface area contributed by atoms with E-state index in [4.69, 9.17) is 11.6 Å². The number of piperazine rings is 1. The normalized spacial score (nSPS) is 21.3. The van der Waals surface area contributed by atoms with E-state index in [1.807, 2.05) is 25.1 Å². The number of halogens is 1. The molecule has 1 unspecified atom stereocenters. The van der Waals surface area contributed by atoms with E-state index in [1.165, 1.54) is 22.3 Å². The molecule has 3 rings (SSSR count). The van der Waals surface area contributed by atoms with Crippen molar-refractivity contribution in [1.82, 2.24) is 9.80 Å². The van der Waals surface area contributed by atoms with Gasteiger partial charge in [-0.2, -0.15) is 0 Å². The number of carbonyl (C=O) groups excluding carboxylic acids is 2. The number of hydrogen-bond donors (Lipinski definition) is 0. The number of nitrogens with zero attached hydrogens (tertiary/aromatic N) is 3. The lowest BCUT2D eigenvalue weighted by Crippen LogP contribution is -2.46. The van der Waals surface area contributed by atoms with Crippen molar-refractivity contribution in [3.8, 4) is 0 Å². The summed E-state index contributed by atoms with van der Waals surface area (Å²) < 4.78 is 0. The minimum absolute atomic E-state index is 0.0157. The number of unbranched alkanes of at least 4 members (excludes halogenated alkanes) is 1. The van der Waals surface area contributed by atoms with Crippen molar-refractivity contribution in [2.75, 3.05) is 44.2 Å². The number of rotatable bonds is 8. The Morgan fingerprint density at radius 2 is 1.85 bits per heavy atom. The third-order valence-electron chi connectivity index (χ3n) is 5.21. The average molecular weight is 410 g/mol. The molecule has 0 N–H and O–H groups in total. The van der Waals surface area contributed by atoms with Crippen molar-refractivity contribution in [2.45, 2.75) is 37.9 Å². The van der Waals surface area contributed by atoms with Crippen LogP contribution in [-0.4, -0.2) is 65.5 Å². The van der Waals surface area contributed by atoms with E-state index < -0.39 is 0 Å². The predicted molar refractivity (Wildman–Crippen MR) is 113 cm³/mol. The molecule has 2 amide bonds. The van der Waals surface area contributed by atoms with Gasteiger partial charge in [-0.1, -0.05) is 42.8 Å². The topological polar surface area (TPSA) is 43.9 Å². The number of anilines is 1. The van der Waals surface area contributed by atoms with Crippen LogP contribution in [0.4, 0.5) is 10.5 Å². The van der Waals surface area contributed by atoms with Gasteiger partial charge < -0.3 is 4.90 Å². The van der Waals surface area contributed by atoms with Gasteiger partial charge in [0.25, 0.3) is 5.24 Å². The van der Waals surface area contributed by atoms with Gasteiger partial charge in [-0.3, -0.25) is 19.4 Å². The van der Waals surface area contributed by atoms with Crippen molar-refractivity contribution < 1.29 is 9.59 Å². The van der Waals surface area contributed by atoms with Gasteiger partial charge in [-0.15, -0.1) is 0 Å². The first kappa shape index (κ1) is 20.5. The summed E-state index contributed by atoms with van der Waals surface area (Å²) in [6.45, 7) is 7.69. The highest BCUT2D eigenvalue weighted by molar-refractivity contribution is 8.15. The van der Waals surface area contributed by atoms with Crippen molar-refractivity contribution in [2.24, 2.45) is 0 Å². The number of benzene rings is 1. The Kier molecular flexibility index (Phi) is 7.44. The first-order chi connectivity index (χ1) is 13.1. The molecule has 0 aromatic heterocycles. The molecule has 0 saturated carbocycles. The van der Waals surface area contributed by atoms with Crippen molar-refractivity contribution >= 4 is 40.2 Å². The van der Waals surface area contributed by atoms with Gasteiger partial charge >= 0.3 is 0 Å². The van der Waals surface area contributed by atoms with E-state index in [9.17, 15) is 9.59 Å². The predicted octanol–water partition coefficient (Wildman–Crippen LogP) is 4.11. The molecule has 0 radical (unpaired) electrons. The maximum atomic E-state index is 12.3. The number of carbonyl (C=O) groups is 2. The summed E-state index contributed by atoms with van der Waals surface area (Å²) in [6.07, 6.45) is 3.62. The minimum atomic E-state index is -0.151. The van der Waals surface area contributed by atoms with Crippen molar-refractivity contribution in [3.63, 3.8) is 0 Å². The summed E-state index contributed by atoms with van der Waals surface area (Å²) in [6, 6.07) is 8.02. The van der Waals surface area contributed by atoms with E-state index in [0.29, 0.717) is 6.54 Å². The quantitative estimate of drug-likeness (QED) is 0.604. The molecule has 2 heterocycles. The van der Waals surface area contributed by atoms with Crippen LogP contribution >= 0.6 is 23.4 Å². The average Bonchev–Trinajstić information content (AvgIpc) is 2.93. The fraction of sp³-hybridized carbons (Fsp3) is 0.600. The Morgan fingerprint density at radius 1 is 1.11 bits per heavy atom. The molecule has 0 bridgehead atoms. The molecule has 27 heavy (non-hydrogen) atoms. The Balaban J connectivity index is 1.35. The zero-order chi connectivity index (χ0) is 19.2. The van der Waals surface area contributed by atoms with Gasteiger partial charge in [0.2, 0.25) is 5.91 Å². The molecule has 1 atom stereocenters. The van der Waals surface area contributed by atoms with Crippen LogP contribution in [0.1, 0.15) is 32.6 Å². The highest BCUT2D eigenvalue weighted by Gasteiger charge is 2.38. The van der Waals surface area contributed by atoms with Gasteiger partial charge in [0.05, 0.1) is 5.25 Å². The Morgan fingerprint density at radius 3 is 2.56 bits per heavy atom. The summed E-state index contributed by atoms with van der Waals surface area (Å²) >= 11 is 7.29. The molecule has 148 valence electrons. The molecule has 0 spiro atoms. The van der Waals surface area contributed by atoms with Crippen LogP contribution in [-0.2, 0) is 4.79 Å². The standard InChI is InChI=1S/C20H28ClN3O2S/c1-2-6-18-19(25)24(20(26)27-18)10-4-3-9-22-11-13-23(14-12-22)17-8-5-7-16(21)15-17/h5,7-8,15,18H,2-4,6,9-14H2,1H3. The zero-order valence-electron chi connectivity index (χ0n) is 15.9. The van der Waals surface area contributed by atoms with Crippen LogP contribution in [0, 0.1) is 0 Å². The smallest absolute Gasteiger partial charge is 0.289 e. The maximum Gasteiger partial charge on any atom is 0.289 e. The van der Waals surface area contributed by atoms with E-state index in [2.05, 4.69) is 15.9 Å². The number of hydrogen-bond acceptors (Lipinski definition) is 5. The lowest BCUT2D eigenvalue weighted by molar-refractivity contribution is -0.126. The molecule has 1 aromatic carbocycles. The van der Waals surface area contributed by atoms with Crippen LogP contribution in [0.3, 0.4) is 0 Å². The fourth-order valence-corrected chi connectivity index (χ4v) is 4.97. The molecule has 7 heteroatoms. The second-order valence-electron chi connectivity index (χ2n) is 7.17. The molecule has 1 aromatic rings. The summed E-state index contributed by atoms with van der Waals surface area (Å²) in [4.78, 5) is 30.6. The summed E-state index contributed by atoms with van der Waals surface area (Å²) in [7, 11) is 0. The summed E-state index contributed by atoms with van der Waals surface area (Å²) in [5.41, 5.74) is 1.19. The van der Waals surface area contributed by atoms with Gasteiger partial charge in [0.15, 0.2) is 0 Å². The highest BCUT2D eigenvalue weighted by Crippen LogP contribution is 2.30. The number of imide groups is 1. The highest BCUT2D eigenvalue weighted by atomic mass is 35.5. The molecule has 0 aliphatic carbocycles. The SMILES string of the molecule is CCCC1SC(=O)N(CCCCN2CCN(c3cccc(Cl)c3)CC2)C1=O. The molecule has 5 nitrogen and oxygen atoms in total. The Bertz CT molecular complexity index is 664. The largest absolute Gasteiger partial charge is 0.369 e. The van der Waals surface area contributed by atoms with Gasteiger partial charge in [0.1, 0.15) is 0 Å². The minimum Gasteiger partial charge on any atom is -0.369 e. The van der Waals surface area contributed by atoms with Crippen LogP contribution in [0.5, 0.6) is 0 Å². The zero-order valence-corrected chi connectivity index (χ0v) is 17.5. The lowest BCUT2D eigenvalue weighted by atomic mass is 10.2. The van der Waals surface area contributed by atoms with Crippen molar-refractivity contribution in [1.29, 1.82) is 0 Å². The van der Waals surface area contributed by atoms with E-state index in [0.717, 1.165) is 63.4 Å². The second-order valence-corrected chi connectivity index (χ2v) is 8.76. The first-order valence-electron chi connectivity index (χ1n) is 9.83. The molecule has 2 fully saturated rings. The maximum absolute atomic E-state index is 12.3.